The normalized spacial score (nSPS) is 11.7. The molecule has 7 heteroatoms. The molecule has 0 unspecified atom stereocenters. The van der Waals surface area contributed by atoms with Gasteiger partial charge in [0, 0.05) is 10.5 Å². The number of benzene rings is 2. The molecule has 0 N–H and O–H groups in total. The van der Waals surface area contributed by atoms with E-state index >= 15 is 0 Å². The van der Waals surface area contributed by atoms with Crippen LogP contribution in [0.3, 0.4) is 0 Å². The van der Waals surface area contributed by atoms with Gasteiger partial charge in [0.15, 0.2) is 0 Å². The molecule has 0 radical (unpaired) electrons. The first-order valence-electron chi connectivity index (χ1n) is 6.79. The molecule has 0 atom stereocenters. The van der Waals surface area contributed by atoms with E-state index in [0.717, 1.165) is 0 Å². The minimum Gasteiger partial charge on any atom is -0.497 e. The monoisotopic (exact) mass is 398 g/mol. The van der Waals surface area contributed by atoms with Crippen LogP contribution in [0.25, 0.3) is 22.1 Å². The summed E-state index contributed by atoms with van der Waals surface area (Å²) < 4.78 is 51.0. The molecule has 3 nitrogen and oxygen atoms in total. The van der Waals surface area contributed by atoms with Crippen molar-refractivity contribution in [2.45, 2.75) is 6.18 Å². The average molecular weight is 399 g/mol. The fraction of sp³-hybridized carbons (Fsp3) is 0.118. The van der Waals surface area contributed by atoms with Gasteiger partial charge in [-0.3, -0.25) is 4.79 Å². The third kappa shape index (κ3) is 2.91. The molecule has 1 heterocycles. The predicted molar refractivity (Wildman–Crippen MR) is 87.2 cm³/mol. The number of fused-ring (bicyclic) bond motifs is 1. The topological polar surface area (TPSA) is 39.4 Å². The summed E-state index contributed by atoms with van der Waals surface area (Å²) in [5, 5.41) is 0.0571. The maximum absolute atomic E-state index is 13.4. The molecule has 0 fully saturated rings. The van der Waals surface area contributed by atoms with Gasteiger partial charge in [0.25, 0.3) is 0 Å². The summed E-state index contributed by atoms with van der Waals surface area (Å²) in [5.74, 6) is -1.02. The number of halogens is 4. The Bertz CT molecular complexity index is 960. The maximum Gasteiger partial charge on any atom is 0.450 e. The SMILES string of the molecule is COc1ccc2c(=O)c(-c3ccc(Br)cc3)c(C(F)(F)F)oc2c1. The summed E-state index contributed by atoms with van der Waals surface area (Å²) in [4.78, 5) is 12.7. The number of hydrogen-bond acceptors (Lipinski definition) is 3. The van der Waals surface area contributed by atoms with Crippen LogP contribution in [0.15, 0.2) is 56.1 Å². The Hall–Kier alpha value is -2.28. The van der Waals surface area contributed by atoms with Crippen LogP contribution >= 0.6 is 15.9 Å². The van der Waals surface area contributed by atoms with Crippen LogP contribution in [0.5, 0.6) is 5.75 Å². The van der Waals surface area contributed by atoms with Gasteiger partial charge in [-0.2, -0.15) is 13.2 Å². The average Bonchev–Trinajstić information content (AvgIpc) is 2.54. The molecular weight excluding hydrogens is 389 g/mol. The van der Waals surface area contributed by atoms with E-state index in [1.165, 1.54) is 37.4 Å². The highest BCUT2D eigenvalue weighted by Gasteiger charge is 2.39. The summed E-state index contributed by atoms with van der Waals surface area (Å²) in [6, 6.07) is 10.1. The van der Waals surface area contributed by atoms with Crippen molar-refractivity contribution in [2.75, 3.05) is 7.11 Å². The predicted octanol–water partition coefficient (Wildman–Crippen LogP) is 5.25. The van der Waals surface area contributed by atoms with Crippen LogP contribution in [-0.4, -0.2) is 7.11 Å². The van der Waals surface area contributed by atoms with E-state index in [1.54, 1.807) is 12.1 Å². The fourth-order valence-electron chi connectivity index (χ4n) is 2.38. The second kappa shape index (κ2) is 5.98. The van der Waals surface area contributed by atoms with Gasteiger partial charge in [0.1, 0.15) is 11.3 Å². The molecule has 0 aliphatic heterocycles. The summed E-state index contributed by atoms with van der Waals surface area (Å²) in [7, 11) is 1.38. The van der Waals surface area contributed by atoms with Crippen LogP contribution in [0.1, 0.15) is 5.76 Å². The molecule has 0 saturated carbocycles. The van der Waals surface area contributed by atoms with E-state index in [1.807, 2.05) is 0 Å². The molecule has 1 aromatic heterocycles. The lowest BCUT2D eigenvalue weighted by molar-refractivity contribution is -0.152. The molecule has 124 valence electrons. The fourth-order valence-corrected chi connectivity index (χ4v) is 2.64. The smallest absolute Gasteiger partial charge is 0.450 e. The summed E-state index contributed by atoms with van der Waals surface area (Å²) in [6.07, 6.45) is -4.81. The van der Waals surface area contributed by atoms with Crippen LogP contribution in [-0.2, 0) is 6.18 Å². The van der Waals surface area contributed by atoms with Gasteiger partial charge in [-0.1, -0.05) is 28.1 Å². The van der Waals surface area contributed by atoms with Crippen LogP contribution in [0.4, 0.5) is 13.2 Å². The zero-order valence-corrected chi connectivity index (χ0v) is 13.9. The summed E-state index contributed by atoms with van der Waals surface area (Å²) in [6.45, 7) is 0. The Morgan fingerprint density at radius 3 is 2.33 bits per heavy atom. The van der Waals surface area contributed by atoms with E-state index < -0.39 is 22.9 Å². The Labute approximate surface area is 142 Å². The van der Waals surface area contributed by atoms with Crippen molar-refractivity contribution in [3.63, 3.8) is 0 Å². The molecule has 0 aliphatic carbocycles. The molecule has 0 spiro atoms. The minimum absolute atomic E-state index is 0.0571. The number of rotatable bonds is 2. The Balaban J connectivity index is 2.40. The number of alkyl halides is 3. The van der Waals surface area contributed by atoms with E-state index in [-0.39, 0.29) is 16.5 Å². The van der Waals surface area contributed by atoms with Crippen LogP contribution < -0.4 is 10.2 Å². The molecule has 24 heavy (non-hydrogen) atoms. The quantitative estimate of drug-likeness (QED) is 0.591. The van der Waals surface area contributed by atoms with Crippen LogP contribution in [0, 0.1) is 0 Å². The Kier molecular flexibility index (Phi) is 4.13. The summed E-state index contributed by atoms with van der Waals surface area (Å²) >= 11 is 3.21. The molecule has 0 bridgehead atoms. The maximum atomic E-state index is 13.4. The highest BCUT2D eigenvalue weighted by atomic mass is 79.9. The molecule has 3 rings (SSSR count). The van der Waals surface area contributed by atoms with Crippen LogP contribution in [0.2, 0.25) is 0 Å². The van der Waals surface area contributed by atoms with Crippen molar-refractivity contribution in [1.29, 1.82) is 0 Å². The molecule has 2 aromatic carbocycles. The minimum atomic E-state index is -4.81. The van der Waals surface area contributed by atoms with E-state index in [9.17, 15) is 18.0 Å². The standard InChI is InChI=1S/C17H10BrF3O3/c1-23-11-6-7-12-13(8-11)24-16(17(19,20)21)14(15(12)22)9-2-4-10(18)5-3-9/h2-8H,1H3. The summed E-state index contributed by atoms with van der Waals surface area (Å²) in [5.41, 5.74) is -1.29. The first kappa shape index (κ1) is 16.6. The second-order valence-electron chi connectivity index (χ2n) is 5.00. The lowest BCUT2D eigenvalue weighted by Crippen LogP contribution is -2.16. The van der Waals surface area contributed by atoms with E-state index in [0.29, 0.717) is 10.2 Å². The largest absolute Gasteiger partial charge is 0.497 e. The highest BCUT2D eigenvalue weighted by molar-refractivity contribution is 9.10. The zero-order chi connectivity index (χ0) is 17.5. The molecule has 0 saturated heterocycles. The molecule has 3 aromatic rings. The van der Waals surface area contributed by atoms with Gasteiger partial charge < -0.3 is 9.15 Å². The Morgan fingerprint density at radius 2 is 1.75 bits per heavy atom. The number of ether oxygens (including phenoxy) is 1. The van der Waals surface area contributed by atoms with Gasteiger partial charge in [-0.25, -0.2) is 0 Å². The highest BCUT2D eigenvalue weighted by Crippen LogP contribution is 2.38. The molecular formula is C17H10BrF3O3. The van der Waals surface area contributed by atoms with Crippen molar-refractivity contribution in [3.05, 3.63) is 62.9 Å². The van der Waals surface area contributed by atoms with E-state index in [4.69, 9.17) is 9.15 Å². The first-order chi connectivity index (χ1) is 11.3. The second-order valence-corrected chi connectivity index (χ2v) is 5.92. The van der Waals surface area contributed by atoms with Gasteiger partial charge in [0.2, 0.25) is 11.2 Å². The van der Waals surface area contributed by atoms with Crippen molar-refractivity contribution < 1.29 is 22.3 Å². The van der Waals surface area contributed by atoms with Gasteiger partial charge in [-0.15, -0.1) is 0 Å². The lowest BCUT2D eigenvalue weighted by Gasteiger charge is -2.13. The van der Waals surface area contributed by atoms with E-state index in [2.05, 4.69) is 15.9 Å². The van der Waals surface area contributed by atoms with Gasteiger partial charge in [-0.05, 0) is 29.8 Å². The van der Waals surface area contributed by atoms with Crippen molar-refractivity contribution in [3.8, 4) is 16.9 Å². The molecule has 0 amide bonds. The molecule has 0 aliphatic rings. The first-order valence-corrected chi connectivity index (χ1v) is 7.58. The third-order valence-corrected chi connectivity index (χ3v) is 4.02. The van der Waals surface area contributed by atoms with Crippen molar-refractivity contribution in [1.82, 2.24) is 0 Å². The van der Waals surface area contributed by atoms with Crippen molar-refractivity contribution >= 4 is 26.9 Å². The third-order valence-electron chi connectivity index (χ3n) is 3.49. The van der Waals surface area contributed by atoms with Gasteiger partial charge in [0.05, 0.1) is 18.1 Å². The van der Waals surface area contributed by atoms with Crippen molar-refractivity contribution in [2.24, 2.45) is 0 Å². The lowest BCUT2D eigenvalue weighted by atomic mass is 10.0. The zero-order valence-electron chi connectivity index (χ0n) is 12.3. The number of methoxy groups -OCH3 is 1. The van der Waals surface area contributed by atoms with Gasteiger partial charge >= 0.3 is 6.18 Å². The number of hydrogen-bond donors (Lipinski definition) is 0. The Morgan fingerprint density at radius 1 is 1.08 bits per heavy atom.